The highest BCUT2D eigenvalue weighted by Crippen LogP contribution is 2.28. The van der Waals surface area contributed by atoms with Gasteiger partial charge in [0.05, 0.1) is 10.6 Å². The summed E-state index contributed by atoms with van der Waals surface area (Å²) in [7, 11) is -2.31. The van der Waals surface area contributed by atoms with E-state index in [0.29, 0.717) is 22.6 Å². The number of aromatic nitrogens is 2. The van der Waals surface area contributed by atoms with Crippen LogP contribution >= 0.6 is 0 Å². The lowest BCUT2D eigenvalue weighted by atomic mass is 9.95. The molecule has 2 N–H and O–H groups in total. The molecule has 1 amide bonds. The number of nitrogens with zero attached hydrogens (tertiary/aromatic N) is 2. The summed E-state index contributed by atoms with van der Waals surface area (Å²) in [6.07, 6.45) is 3.45. The fourth-order valence-corrected chi connectivity index (χ4v) is 4.84. The third-order valence-electron chi connectivity index (χ3n) is 5.47. The number of fused-ring (bicyclic) bond motifs is 1. The summed E-state index contributed by atoms with van der Waals surface area (Å²) in [5, 5.41) is 7.32. The molecule has 0 fully saturated rings. The van der Waals surface area contributed by atoms with E-state index in [1.165, 1.54) is 25.2 Å². The van der Waals surface area contributed by atoms with Crippen LogP contribution in [0.4, 0.5) is 10.1 Å². The van der Waals surface area contributed by atoms with Gasteiger partial charge < -0.3 is 5.32 Å². The van der Waals surface area contributed by atoms with E-state index in [2.05, 4.69) is 15.1 Å². The van der Waals surface area contributed by atoms with Gasteiger partial charge in [0, 0.05) is 16.9 Å². The molecule has 2 aromatic carbocycles. The number of carbonyl (C=O) groups excluding carboxylic acids is 1. The number of hydrogen-bond acceptors (Lipinski definition) is 4. The zero-order valence-electron chi connectivity index (χ0n) is 17.3. The molecule has 0 saturated carbocycles. The van der Waals surface area contributed by atoms with E-state index < -0.39 is 15.9 Å². The molecule has 162 valence electrons. The van der Waals surface area contributed by atoms with Crippen LogP contribution in [0.5, 0.6) is 0 Å². The van der Waals surface area contributed by atoms with Gasteiger partial charge in [0.15, 0.2) is 5.69 Å². The van der Waals surface area contributed by atoms with Gasteiger partial charge >= 0.3 is 0 Å². The molecule has 9 heteroatoms. The van der Waals surface area contributed by atoms with Crippen LogP contribution in [0.25, 0.3) is 5.69 Å². The number of hydrogen-bond donors (Lipinski definition) is 2. The van der Waals surface area contributed by atoms with E-state index in [9.17, 15) is 17.6 Å². The quantitative estimate of drug-likeness (QED) is 0.634. The van der Waals surface area contributed by atoms with Crippen LogP contribution in [-0.2, 0) is 22.9 Å². The maximum absolute atomic E-state index is 13.3. The van der Waals surface area contributed by atoms with E-state index in [-0.39, 0.29) is 10.7 Å². The van der Waals surface area contributed by atoms with Crippen molar-refractivity contribution in [1.82, 2.24) is 14.5 Å². The summed E-state index contributed by atoms with van der Waals surface area (Å²) in [4.78, 5) is 13.2. The van der Waals surface area contributed by atoms with Crippen molar-refractivity contribution in [3.05, 3.63) is 70.8 Å². The lowest BCUT2D eigenvalue weighted by Crippen LogP contribution is -2.20. The summed E-state index contributed by atoms with van der Waals surface area (Å²) >= 11 is 0. The minimum Gasteiger partial charge on any atom is -0.321 e. The Morgan fingerprint density at radius 1 is 1.10 bits per heavy atom. The molecule has 1 heterocycles. The lowest BCUT2D eigenvalue weighted by molar-refractivity contribution is 0.102. The molecule has 1 aromatic heterocycles. The van der Waals surface area contributed by atoms with Gasteiger partial charge in [0.1, 0.15) is 5.82 Å². The number of sulfonamides is 1. The highest BCUT2D eigenvalue weighted by Gasteiger charge is 2.26. The average Bonchev–Trinajstić information content (AvgIpc) is 3.15. The maximum atomic E-state index is 13.3. The molecule has 0 atom stereocenters. The van der Waals surface area contributed by atoms with Crippen molar-refractivity contribution in [3.63, 3.8) is 0 Å². The molecule has 1 aliphatic rings. The number of rotatable bonds is 5. The first-order chi connectivity index (χ1) is 14.8. The zero-order chi connectivity index (χ0) is 22.2. The van der Waals surface area contributed by atoms with Crippen molar-refractivity contribution >= 4 is 21.6 Å². The van der Waals surface area contributed by atoms with Crippen LogP contribution in [0.1, 0.15) is 40.2 Å². The Labute approximate surface area is 180 Å². The van der Waals surface area contributed by atoms with E-state index in [0.717, 1.165) is 36.9 Å². The largest absolute Gasteiger partial charge is 0.321 e. The Morgan fingerprint density at radius 2 is 1.81 bits per heavy atom. The Kier molecular flexibility index (Phi) is 5.63. The van der Waals surface area contributed by atoms with E-state index in [4.69, 9.17) is 0 Å². The number of carbonyl (C=O) groups is 1. The molecule has 0 radical (unpaired) electrons. The number of halogens is 1. The van der Waals surface area contributed by atoms with Gasteiger partial charge in [0.2, 0.25) is 10.0 Å². The third-order valence-corrected chi connectivity index (χ3v) is 7.03. The molecule has 0 saturated heterocycles. The number of nitrogens with one attached hydrogen (secondary N) is 2. The van der Waals surface area contributed by atoms with Crippen LogP contribution < -0.4 is 10.0 Å². The molecule has 0 unspecified atom stereocenters. The second-order valence-corrected chi connectivity index (χ2v) is 9.37. The average molecular weight is 443 g/mol. The standard InChI is InChI=1S/C22H23FN4O3S/c1-14-7-10-16(13-20(14)31(29,30)24-2)25-22(28)21-18-5-3-4-6-19(18)27(26-21)17-11-8-15(23)9-12-17/h7-13,24H,3-6H2,1-2H3,(H,25,28). The van der Waals surface area contributed by atoms with Crippen molar-refractivity contribution in [2.45, 2.75) is 37.5 Å². The molecule has 1 aliphatic carbocycles. The highest BCUT2D eigenvalue weighted by atomic mass is 32.2. The topological polar surface area (TPSA) is 93.1 Å². The van der Waals surface area contributed by atoms with E-state index >= 15 is 0 Å². The first-order valence-electron chi connectivity index (χ1n) is 10.0. The Morgan fingerprint density at radius 3 is 2.52 bits per heavy atom. The predicted octanol–water partition coefficient (Wildman–Crippen LogP) is 3.36. The fraction of sp³-hybridized carbons (Fsp3) is 0.273. The van der Waals surface area contributed by atoms with Gasteiger partial charge in [-0.15, -0.1) is 0 Å². The van der Waals surface area contributed by atoms with Gasteiger partial charge in [-0.3, -0.25) is 4.79 Å². The monoisotopic (exact) mass is 442 g/mol. The van der Waals surface area contributed by atoms with Gasteiger partial charge in [-0.25, -0.2) is 22.2 Å². The molecule has 7 nitrogen and oxygen atoms in total. The Balaban J connectivity index is 1.70. The summed E-state index contributed by atoms with van der Waals surface area (Å²) in [5.41, 5.74) is 3.76. The van der Waals surface area contributed by atoms with Crippen LogP contribution in [0.15, 0.2) is 47.4 Å². The Bertz CT molecular complexity index is 1250. The second-order valence-electron chi connectivity index (χ2n) is 7.51. The summed E-state index contributed by atoms with van der Waals surface area (Å²) < 4.78 is 41.8. The lowest BCUT2D eigenvalue weighted by Gasteiger charge is -2.14. The van der Waals surface area contributed by atoms with Crippen molar-refractivity contribution in [2.24, 2.45) is 0 Å². The first kappa shape index (κ1) is 21.2. The van der Waals surface area contributed by atoms with Gasteiger partial charge in [-0.1, -0.05) is 6.07 Å². The fourth-order valence-electron chi connectivity index (χ4n) is 3.84. The van der Waals surface area contributed by atoms with Crippen molar-refractivity contribution < 1.29 is 17.6 Å². The summed E-state index contributed by atoms with van der Waals surface area (Å²) in [5.74, 6) is -0.745. The van der Waals surface area contributed by atoms with Crippen LogP contribution in [0, 0.1) is 12.7 Å². The molecule has 31 heavy (non-hydrogen) atoms. The SMILES string of the molecule is CNS(=O)(=O)c1cc(NC(=O)c2nn(-c3ccc(F)cc3)c3c2CCCC3)ccc1C. The number of anilines is 1. The Hall–Kier alpha value is -3.04. The van der Waals surface area contributed by atoms with Crippen molar-refractivity contribution in [3.8, 4) is 5.69 Å². The van der Waals surface area contributed by atoms with Crippen LogP contribution in [-0.4, -0.2) is 31.2 Å². The highest BCUT2D eigenvalue weighted by molar-refractivity contribution is 7.89. The third kappa shape index (κ3) is 4.11. The van der Waals surface area contributed by atoms with Crippen LogP contribution in [0.3, 0.4) is 0 Å². The van der Waals surface area contributed by atoms with Crippen LogP contribution in [0.2, 0.25) is 0 Å². The van der Waals surface area contributed by atoms with Gasteiger partial charge in [-0.05, 0) is 81.6 Å². The minimum atomic E-state index is -3.65. The van der Waals surface area contributed by atoms with E-state index in [1.54, 1.807) is 35.9 Å². The molecule has 0 bridgehead atoms. The van der Waals surface area contributed by atoms with E-state index in [1.807, 2.05) is 0 Å². The first-order valence-corrected chi connectivity index (χ1v) is 11.5. The number of benzene rings is 2. The minimum absolute atomic E-state index is 0.103. The molecule has 0 aliphatic heterocycles. The summed E-state index contributed by atoms with van der Waals surface area (Å²) in [6, 6.07) is 10.7. The normalized spacial score (nSPS) is 13.6. The van der Waals surface area contributed by atoms with Crippen molar-refractivity contribution in [1.29, 1.82) is 0 Å². The summed E-state index contributed by atoms with van der Waals surface area (Å²) in [6.45, 7) is 1.69. The van der Waals surface area contributed by atoms with Crippen molar-refractivity contribution in [2.75, 3.05) is 12.4 Å². The van der Waals surface area contributed by atoms with Gasteiger partial charge in [-0.2, -0.15) is 5.10 Å². The number of amides is 1. The van der Waals surface area contributed by atoms with Gasteiger partial charge in [0.25, 0.3) is 5.91 Å². The molecule has 4 rings (SSSR count). The number of aryl methyl sites for hydroxylation is 1. The zero-order valence-corrected chi connectivity index (χ0v) is 18.1. The molecule has 0 spiro atoms. The second kappa shape index (κ2) is 8.24. The molecule has 3 aromatic rings. The molecular weight excluding hydrogens is 419 g/mol. The smallest absolute Gasteiger partial charge is 0.276 e. The molecular formula is C22H23FN4O3S. The predicted molar refractivity (Wildman–Crippen MR) is 116 cm³/mol. The maximum Gasteiger partial charge on any atom is 0.276 e.